The number of halogens is 5. The van der Waals surface area contributed by atoms with Gasteiger partial charge >= 0.3 is 23.4 Å². The summed E-state index contributed by atoms with van der Waals surface area (Å²) in [7, 11) is -5.93. The third-order valence-corrected chi connectivity index (χ3v) is 18.4. The molecule has 0 radical (unpaired) electrons. The van der Waals surface area contributed by atoms with Gasteiger partial charge in [-0.2, -0.15) is 22.0 Å². The number of aliphatic hydroxyl groups is 2. The lowest BCUT2D eigenvalue weighted by Gasteiger charge is -2.38. The van der Waals surface area contributed by atoms with Crippen LogP contribution in [0.5, 0.6) is 0 Å². The fraction of sp³-hybridized carbons (Fsp3) is 0.484. The van der Waals surface area contributed by atoms with E-state index in [0.29, 0.717) is 18.8 Å². The van der Waals surface area contributed by atoms with Crippen molar-refractivity contribution < 1.29 is 64.2 Å². The normalized spacial score (nSPS) is 15.5. The van der Waals surface area contributed by atoms with E-state index in [4.69, 9.17) is 9.84 Å². The summed E-state index contributed by atoms with van der Waals surface area (Å²) in [5.74, 6) is -0.0474. The minimum absolute atomic E-state index is 0.00185. The van der Waals surface area contributed by atoms with E-state index in [9.17, 15) is 49.6 Å². The summed E-state index contributed by atoms with van der Waals surface area (Å²) >= 11 is 0. The first kappa shape index (κ1) is 65.3. The van der Waals surface area contributed by atoms with Gasteiger partial charge in [0.05, 0.1) is 11.0 Å². The molecule has 16 heteroatoms. The highest BCUT2D eigenvalue weighted by atomic mass is 32.2. The van der Waals surface area contributed by atoms with Crippen LogP contribution in [0.15, 0.2) is 121 Å². The molecule has 1 heterocycles. The van der Waals surface area contributed by atoms with Gasteiger partial charge in [-0.25, -0.2) is 13.2 Å². The Kier molecular flexibility index (Phi) is 23.2. The second-order valence-corrected chi connectivity index (χ2v) is 24.9. The van der Waals surface area contributed by atoms with Crippen molar-refractivity contribution >= 4 is 52.7 Å². The van der Waals surface area contributed by atoms with Gasteiger partial charge in [0.1, 0.15) is 5.60 Å². The predicted molar refractivity (Wildman–Crippen MR) is 302 cm³/mol. The van der Waals surface area contributed by atoms with Crippen molar-refractivity contribution in [1.82, 2.24) is 0 Å². The Bertz CT molecular complexity index is 2910. The summed E-state index contributed by atoms with van der Waals surface area (Å²) in [6, 6.07) is 38.3. The zero-order chi connectivity index (χ0) is 58.4. The molecule has 1 fully saturated rings. The van der Waals surface area contributed by atoms with E-state index in [-0.39, 0.29) is 51.1 Å². The predicted octanol–water partition coefficient (Wildman–Crippen LogP) is 16.4. The van der Waals surface area contributed by atoms with Gasteiger partial charge in [0.15, 0.2) is 36.1 Å². The van der Waals surface area contributed by atoms with Crippen molar-refractivity contribution in [2.45, 2.75) is 175 Å². The molecule has 0 bridgehead atoms. The number of fused-ring (bicyclic) bond motifs is 3. The van der Waals surface area contributed by atoms with Gasteiger partial charge < -0.3 is 24.2 Å². The summed E-state index contributed by atoms with van der Waals surface area (Å²) < 4.78 is 109. The molecule has 1 aliphatic rings. The van der Waals surface area contributed by atoms with Gasteiger partial charge in [0, 0.05) is 27.8 Å². The lowest BCUT2D eigenvalue weighted by molar-refractivity contribution is -0.258. The van der Waals surface area contributed by atoms with Gasteiger partial charge in [-0.05, 0) is 169 Å². The highest BCUT2D eigenvalue weighted by Gasteiger charge is 2.51. The average molecular weight is 1130 g/mol. The van der Waals surface area contributed by atoms with Crippen LogP contribution in [0.2, 0.25) is 0 Å². The first-order valence-electron chi connectivity index (χ1n) is 26.8. The quantitative estimate of drug-likeness (QED) is 0.0418. The molecule has 4 unspecified atom stereocenters. The average Bonchev–Trinajstić information content (AvgIpc) is 3.78. The first-order chi connectivity index (χ1) is 36.4. The maximum atomic E-state index is 13.2. The van der Waals surface area contributed by atoms with Crippen LogP contribution in [-0.4, -0.2) is 64.9 Å². The van der Waals surface area contributed by atoms with E-state index in [1.165, 1.54) is 87.0 Å². The van der Waals surface area contributed by atoms with Crippen LogP contribution in [-0.2, 0) is 36.4 Å². The summed E-state index contributed by atoms with van der Waals surface area (Å²) in [5, 5.41) is 16.6. The molecule has 1 aliphatic carbocycles. The molecule has 9 nitrogen and oxygen atoms in total. The minimum Gasteiger partial charge on any atom is -0.743 e. The van der Waals surface area contributed by atoms with Gasteiger partial charge in [-0.3, -0.25) is 4.79 Å². The second kappa shape index (κ2) is 27.8. The maximum absolute atomic E-state index is 13.2. The Balaban J connectivity index is 0.000000226. The number of aliphatic hydroxyl groups excluding tert-OH is 1. The summed E-state index contributed by atoms with van der Waals surface area (Å²) in [6.07, 6.45) is 2.63. The van der Waals surface area contributed by atoms with E-state index in [1.807, 2.05) is 48.5 Å². The molecular formula is C62H79F5O9S2. The third-order valence-electron chi connectivity index (χ3n) is 15.1. The number of esters is 2. The van der Waals surface area contributed by atoms with E-state index in [0.717, 1.165) is 43.7 Å². The van der Waals surface area contributed by atoms with Crippen LogP contribution in [0, 0.1) is 11.3 Å². The molecule has 0 saturated heterocycles. The van der Waals surface area contributed by atoms with Gasteiger partial charge in [0.25, 0.3) is 0 Å². The second-order valence-electron chi connectivity index (χ2n) is 21.5. The molecule has 0 spiro atoms. The number of carbonyl (C=O) groups is 2. The highest BCUT2D eigenvalue weighted by Crippen LogP contribution is 2.48. The van der Waals surface area contributed by atoms with E-state index >= 15 is 0 Å². The van der Waals surface area contributed by atoms with Crippen molar-refractivity contribution in [3.63, 3.8) is 0 Å². The van der Waals surface area contributed by atoms with Crippen LogP contribution >= 0.6 is 10.5 Å². The first-order valence-corrected chi connectivity index (χ1v) is 29.4. The number of ether oxygens (including phenoxy) is 2. The fourth-order valence-corrected chi connectivity index (χ4v) is 11.5. The lowest BCUT2D eigenvalue weighted by atomic mass is 9.78. The molecular weight excluding hydrogens is 1050 g/mol. The fourth-order valence-electron chi connectivity index (χ4n) is 8.65. The van der Waals surface area contributed by atoms with E-state index < -0.39 is 39.2 Å². The molecule has 4 atom stereocenters. The largest absolute Gasteiger partial charge is 0.743 e. The maximum Gasteiger partial charge on any atom is 0.421 e. The van der Waals surface area contributed by atoms with Gasteiger partial charge in [-0.15, -0.1) is 0 Å². The number of rotatable bonds is 16. The van der Waals surface area contributed by atoms with Crippen molar-refractivity contribution in [2.24, 2.45) is 11.3 Å². The van der Waals surface area contributed by atoms with Crippen molar-refractivity contribution in [3.05, 3.63) is 149 Å². The number of benzene rings is 5. The Morgan fingerprint density at radius 2 is 1.15 bits per heavy atom. The number of thiophene rings is 1. The Morgan fingerprint density at radius 1 is 0.692 bits per heavy atom. The number of carbonyl (C=O) groups excluding carboxylic acids is 2. The molecule has 7 rings (SSSR count). The number of hydrogen-bond acceptors (Lipinski definition) is 9. The van der Waals surface area contributed by atoms with Crippen LogP contribution in [0.4, 0.5) is 22.0 Å². The molecule has 6 aromatic rings. The topological polar surface area (TPSA) is 150 Å². The molecule has 5 aromatic carbocycles. The highest BCUT2D eigenvalue weighted by molar-refractivity contribution is 7.86. The van der Waals surface area contributed by atoms with Gasteiger partial charge in [0.2, 0.25) is 0 Å². The van der Waals surface area contributed by atoms with Gasteiger partial charge in [-0.1, -0.05) is 127 Å². The smallest absolute Gasteiger partial charge is 0.421 e. The van der Waals surface area contributed by atoms with Crippen LogP contribution in [0.25, 0.3) is 25.1 Å². The number of hydrogen-bond donors (Lipinski definition) is 2. The monoisotopic (exact) mass is 1130 g/mol. The van der Waals surface area contributed by atoms with Crippen molar-refractivity contribution in [3.8, 4) is 4.90 Å². The molecule has 2 N–H and O–H groups in total. The Morgan fingerprint density at radius 3 is 1.58 bits per heavy atom. The Hall–Kier alpha value is -5.26. The number of alkyl halides is 5. The third kappa shape index (κ3) is 16.7. The summed E-state index contributed by atoms with van der Waals surface area (Å²) in [4.78, 5) is 25.2. The molecule has 0 amide bonds. The standard InChI is InChI=1S/C20H17OS.C15H28O2.C14H18F2O5S.C13H17F3O/c21-14-13-15-9-11-16(12-10-15)22-19-7-3-1-5-17(19)18-6-2-4-8-20(18)22;1-6-14(2,3)13(16)17-15(4,5)12-10-8-7-9-11-12;1-4-9(2)11-5-7-12(8-6-11)13(17)21-10(3)14(15,16)22(18,19)20;1-4-9(2)10-5-7-11(8-6-10)12(3,17)13(14,15)16/h1-12,21H,13-14H2;12H,6-11H2,1-5H3;5-10H,4H2,1-3H3,(H,18,19,20);5-9,17H,4H2,1-3H3/q+1;;;/p-1. The van der Waals surface area contributed by atoms with Crippen molar-refractivity contribution in [1.29, 1.82) is 0 Å². The molecule has 1 saturated carbocycles. The minimum atomic E-state index is -5.91. The SMILES string of the molecule is CCC(C)(C)C(=O)OC(C)(C)C1CCCCC1.CCC(C)c1ccc(C(=O)OC(C)C(F)(F)S(=O)(=O)[O-])cc1.CCC(C)c1ccc(C(C)(O)C(F)(F)F)cc1.OCCc1ccc(-[s+]2c3ccccc3c3ccccc32)cc1. The van der Waals surface area contributed by atoms with E-state index in [1.54, 1.807) is 24.3 Å². The zero-order valence-electron chi connectivity index (χ0n) is 46.9. The molecule has 1 aromatic heterocycles. The molecule has 78 heavy (non-hydrogen) atoms. The molecule has 0 aliphatic heterocycles. The summed E-state index contributed by atoms with van der Waals surface area (Å²) in [6.45, 7) is 19.8. The van der Waals surface area contributed by atoms with Crippen LogP contribution < -0.4 is 0 Å². The molecule has 428 valence electrons. The zero-order valence-corrected chi connectivity index (χ0v) is 48.5. The van der Waals surface area contributed by atoms with Crippen molar-refractivity contribution in [2.75, 3.05) is 6.61 Å². The lowest BCUT2D eigenvalue weighted by Crippen LogP contribution is -2.42. The van der Waals surface area contributed by atoms with Crippen LogP contribution in [0.1, 0.15) is 172 Å². The summed E-state index contributed by atoms with van der Waals surface area (Å²) in [5.41, 5.74) is -0.434. The Labute approximate surface area is 461 Å². The van der Waals surface area contributed by atoms with E-state index in [2.05, 4.69) is 91.4 Å². The van der Waals surface area contributed by atoms with Crippen LogP contribution in [0.3, 0.4) is 0 Å².